The Balaban J connectivity index is 2.09. The summed E-state index contributed by atoms with van der Waals surface area (Å²) in [7, 11) is 1.86. The maximum Gasteiger partial charge on any atom is 0.320 e. The monoisotopic (exact) mass is 325 g/mol. The Morgan fingerprint density at radius 2 is 2.04 bits per heavy atom. The average molecular weight is 325 g/mol. The van der Waals surface area contributed by atoms with E-state index in [2.05, 4.69) is 10.2 Å². The minimum Gasteiger partial charge on any atom is -0.480 e. The number of hydrogen-bond donors (Lipinski definition) is 2. The van der Waals surface area contributed by atoms with Gasteiger partial charge in [0.15, 0.2) is 0 Å². The van der Waals surface area contributed by atoms with Gasteiger partial charge in [0.25, 0.3) is 0 Å². The summed E-state index contributed by atoms with van der Waals surface area (Å²) in [4.78, 5) is 11.1. The largest absolute Gasteiger partial charge is 0.480 e. The van der Waals surface area contributed by atoms with Gasteiger partial charge < -0.3 is 10.8 Å². The van der Waals surface area contributed by atoms with Gasteiger partial charge in [-0.15, -0.1) is 0 Å². The van der Waals surface area contributed by atoms with Crippen LogP contribution in [0.5, 0.6) is 0 Å². The summed E-state index contributed by atoms with van der Waals surface area (Å²) in [5.41, 5.74) is 9.95. The molecule has 0 aliphatic carbocycles. The minimum atomic E-state index is -1.03. The van der Waals surface area contributed by atoms with E-state index in [0.29, 0.717) is 5.69 Å². The van der Waals surface area contributed by atoms with Gasteiger partial charge in [-0.2, -0.15) is 10.2 Å². The van der Waals surface area contributed by atoms with Crippen molar-refractivity contribution < 1.29 is 9.90 Å². The molecule has 1 unspecified atom stereocenters. The van der Waals surface area contributed by atoms with Crippen LogP contribution in [-0.2, 0) is 18.3 Å². The van der Waals surface area contributed by atoms with Crippen molar-refractivity contribution >= 4 is 5.97 Å². The van der Waals surface area contributed by atoms with E-state index in [0.717, 1.165) is 22.5 Å². The molecule has 0 spiro atoms. The van der Waals surface area contributed by atoms with Gasteiger partial charge >= 0.3 is 5.97 Å². The summed E-state index contributed by atoms with van der Waals surface area (Å²) >= 11 is 0. The van der Waals surface area contributed by atoms with Crippen LogP contribution in [0.1, 0.15) is 11.3 Å². The van der Waals surface area contributed by atoms with Crippen LogP contribution in [0, 0.1) is 6.92 Å². The van der Waals surface area contributed by atoms with Crippen molar-refractivity contribution in [1.29, 1.82) is 0 Å². The Morgan fingerprint density at radius 1 is 1.33 bits per heavy atom. The lowest BCUT2D eigenvalue weighted by Crippen LogP contribution is -2.32. The molecule has 3 rings (SSSR count). The summed E-state index contributed by atoms with van der Waals surface area (Å²) in [6.07, 6.45) is 3.77. The number of nitrogens with two attached hydrogens (primary N) is 1. The molecule has 3 N–H and O–H groups in total. The van der Waals surface area contributed by atoms with Crippen molar-refractivity contribution in [2.24, 2.45) is 12.8 Å². The zero-order valence-electron chi connectivity index (χ0n) is 13.5. The number of aryl methyl sites for hydroxylation is 1. The van der Waals surface area contributed by atoms with Gasteiger partial charge in [-0.1, -0.05) is 18.2 Å². The number of aliphatic carboxylic acids is 1. The van der Waals surface area contributed by atoms with Crippen LogP contribution in [-0.4, -0.2) is 36.7 Å². The molecule has 7 heteroatoms. The molecular formula is C17H19N5O2. The van der Waals surface area contributed by atoms with Crippen LogP contribution in [0.15, 0.2) is 42.7 Å². The van der Waals surface area contributed by atoms with Crippen LogP contribution in [0.3, 0.4) is 0 Å². The van der Waals surface area contributed by atoms with Crippen molar-refractivity contribution in [2.75, 3.05) is 0 Å². The molecule has 1 atom stereocenters. The molecule has 0 saturated carbocycles. The van der Waals surface area contributed by atoms with E-state index in [-0.39, 0.29) is 6.42 Å². The van der Waals surface area contributed by atoms with Crippen molar-refractivity contribution in [3.8, 4) is 16.9 Å². The second-order valence-corrected chi connectivity index (χ2v) is 5.70. The van der Waals surface area contributed by atoms with Crippen molar-refractivity contribution in [2.45, 2.75) is 19.4 Å². The highest BCUT2D eigenvalue weighted by Gasteiger charge is 2.21. The van der Waals surface area contributed by atoms with Crippen LogP contribution in [0.25, 0.3) is 16.9 Å². The fraction of sp³-hybridized carbons (Fsp3) is 0.235. The van der Waals surface area contributed by atoms with Gasteiger partial charge in [-0.05, 0) is 19.1 Å². The molecule has 0 fully saturated rings. The van der Waals surface area contributed by atoms with Crippen molar-refractivity contribution in [1.82, 2.24) is 19.6 Å². The Kier molecular flexibility index (Phi) is 4.18. The van der Waals surface area contributed by atoms with Crippen LogP contribution >= 0.6 is 0 Å². The first-order valence-corrected chi connectivity index (χ1v) is 7.58. The van der Waals surface area contributed by atoms with Crippen molar-refractivity contribution in [3.05, 3.63) is 54.0 Å². The molecule has 0 saturated heterocycles. The first-order valence-electron chi connectivity index (χ1n) is 7.58. The van der Waals surface area contributed by atoms with E-state index in [1.807, 2.05) is 50.5 Å². The first-order chi connectivity index (χ1) is 11.5. The zero-order valence-corrected chi connectivity index (χ0v) is 13.5. The molecule has 2 aromatic heterocycles. The maximum atomic E-state index is 11.1. The van der Waals surface area contributed by atoms with Gasteiger partial charge in [-0.25, -0.2) is 4.68 Å². The number of para-hydroxylation sites is 1. The summed E-state index contributed by atoms with van der Waals surface area (Å²) in [6, 6.07) is 8.68. The molecule has 0 bridgehead atoms. The molecule has 1 aromatic carbocycles. The fourth-order valence-electron chi connectivity index (χ4n) is 2.55. The Labute approximate surface area is 139 Å². The van der Waals surface area contributed by atoms with E-state index in [1.54, 1.807) is 15.6 Å². The molecule has 0 amide bonds. The van der Waals surface area contributed by atoms with Gasteiger partial charge in [0.1, 0.15) is 6.04 Å². The summed E-state index contributed by atoms with van der Waals surface area (Å²) < 4.78 is 3.50. The van der Waals surface area contributed by atoms with Crippen LogP contribution in [0.2, 0.25) is 0 Å². The lowest BCUT2D eigenvalue weighted by molar-refractivity contribution is -0.138. The standard InChI is InChI=1S/C17H19N5O2/c1-11-14(9-19-21(11)2)16-12(8-15(18)17(23)24)10-22(20-16)13-6-4-3-5-7-13/h3-7,9-10,15H,8,18H2,1-2H3,(H,23,24). The number of benzene rings is 1. The molecule has 0 aliphatic rings. The number of nitrogens with zero attached hydrogens (tertiary/aromatic N) is 4. The quantitative estimate of drug-likeness (QED) is 0.741. The third-order valence-corrected chi connectivity index (χ3v) is 4.06. The Bertz CT molecular complexity index is 866. The normalized spacial score (nSPS) is 12.3. The Hall–Kier alpha value is -2.93. The number of rotatable bonds is 5. The predicted octanol–water partition coefficient (Wildman–Crippen LogP) is 1.54. The molecule has 2 heterocycles. The molecule has 0 aliphatic heterocycles. The first kappa shape index (κ1) is 15.9. The van der Waals surface area contributed by atoms with E-state index >= 15 is 0 Å². The van der Waals surface area contributed by atoms with E-state index in [9.17, 15) is 4.79 Å². The lowest BCUT2D eigenvalue weighted by Gasteiger charge is -2.06. The third-order valence-electron chi connectivity index (χ3n) is 4.06. The number of aromatic nitrogens is 4. The molecule has 124 valence electrons. The summed E-state index contributed by atoms with van der Waals surface area (Å²) in [5.74, 6) is -1.03. The number of carboxylic acids is 1. The average Bonchev–Trinajstić information content (AvgIpc) is 3.12. The number of hydrogen-bond acceptors (Lipinski definition) is 4. The predicted molar refractivity (Wildman–Crippen MR) is 89.8 cm³/mol. The van der Waals surface area contributed by atoms with E-state index < -0.39 is 12.0 Å². The zero-order chi connectivity index (χ0) is 17.3. The second kappa shape index (κ2) is 6.29. The highest BCUT2D eigenvalue weighted by Crippen LogP contribution is 2.27. The highest BCUT2D eigenvalue weighted by atomic mass is 16.4. The van der Waals surface area contributed by atoms with Gasteiger partial charge in [0.2, 0.25) is 0 Å². The summed E-state index contributed by atoms with van der Waals surface area (Å²) in [5, 5.41) is 18.0. The Morgan fingerprint density at radius 3 is 2.62 bits per heavy atom. The molecular weight excluding hydrogens is 306 g/mol. The van der Waals surface area contributed by atoms with Gasteiger partial charge in [0, 0.05) is 36.5 Å². The van der Waals surface area contributed by atoms with Crippen LogP contribution in [0.4, 0.5) is 0 Å². The van der Waals surface area contributed by atoms with Gasteiger partial charge in [0.05, 0.1) is 17.6 Å². The summed E-state index contributed by atoms with van der Waals surface area (Å²) in [6.45, 7) is 1.95. The molecule has 3 aromatic rings. The number of carboxylic acid groups (broad SMARTS) is 1. The van der Waals surface area contributed by atoms with Crippen LogP contribution < -0.4 is 5.73 Å². The van der Waals surface area contributed by atoms with E-state index in [4.69, 9.17) is 10.8 Å². The number of carbonyl (C=O) groups is 1. The molecule has 0 radical (unpaired) electrons. The SMILES string of the molecule is Cc1c(-c2nn(-c3ccccc3)cc2CC(N)C(=O)O)cnn1C. The van der Waals surface area contributed by atoms with E-state index in [1.165, 1.54) is 0 Å². The van der Waals surface area contributed by atoms with Gasteiger partial charge in [-0.3, -0.25) is 9.48 Å². The molecule has 7 nitrogen and oxygen atoms in total. The lowest BCUT2D eigenvalue weighted by atomic mass is 10.0. The van der Waals surface area contributed by atoms with Crippen molar-refractivity contribution in [3.63, 3.8) is 0 Å². The highest BCUT2D eigenvalue weighted by molar-refractivity contribution is 5.74. The smallest absolute Gasteiger partial charge is 0.320 e. The fourth-order valence-corrected chi connectivity index (χ4v) is 2.55. The second-order valence-electron chi connectivity index (χ2n) is 5.70. The minimum absolute atomic E-state index is 0.200. The topological polar surface area (TPSA) is 99.0 Å². The maximum absolute atomic E-state index is 11.1. The molecule has 24 heavy (non-hydrogen) atoms. The third kappa shape index (κ3) is 2.93.